The van der Waals surface area contributed by atoms with E-state index in [4.69, 9.17) is 0 Å². The normalized spacial score (nSPS) is 11.4. The molecule has 25 heavy (non-hydrogen) atoms. The van der Waals surface area contributed by atoms with Gasteiger partial charge in [0.05, 0.1) is 6.20 Å². The Bertz CT molecular complexity index is 892. The lowest BCUT2D eigenvalue weighted by molar-refractivity contribution is -0.140. The standard InChI is InChI=1S/C16H9F4N3OS/c17-10-6-7-11(21-8-10)22-14(24)12-13(16(18,19)20)23-15(25-12)9-4-2-1-3-5-9/h1-8H,(H,21,22,24). The Balaban J connectivity index is 1.97. The molecule has 0 radical (unpaired) electrons. The first-order chi connectivity index (χ1) is 11.8. The molecule has 0 aliphatic rings. The molecule has 1 amide bonds. The molecule has 1 N–H and O–H groups in total. The number of carbonyl (C=O) groups excluding carboxylic acids is 1. The van der Waals surface area contributed by atoms with Gasteiger partial charge in [-0.05, 0) is 12.1 Å². The van der Waals surface area contributed by atoms with Crippen LogP contribution in [0, 0.1) is 5.82 Å². The monoisotopic (exact) mass is 367 g/mol. The second-order valence-corrected chi connectivity index (χ2v) is 5.88. The minimum Gasteiger partial charge on any atom is -0.306 e. The van der Waals surface area contributed by atoms with Crippen molar-refractivity contribution in [2.45, 2.75) is 6.18 Å². The molecule has 0 saturated carbocycles. The number of benzene rings is 1. The largest absolute Gasteiger partial charge is 0.435 e. The summed E-state index contributed by atoms with van der Waals surface area (Å²) in [5, 5.41) is 2.29. The molecule has 3 rings (SSSR count). The van der Waals surface area contributed by atoms with Gasteiger partial charge in [-0.1, -0.05) is 30.3 Å². The van der Waals surface area contributed by atoms with Crippen molar-refractivity contribution in [1.82, 2.24) is 9.97 Å². The third kappa shape index (κ3) is 3.82. The Morgan fingerprint density at radius 2 is 1.80 bits per heavy atom. The van der Waals surface area contributed by atoms with Crippen LogP contribution in [0.5, 0.6) is 0 Å². The predicted octanol–water partition coefficient (Wildman–Crippen LogP) is 4.62. The third-order valence-electron chi connectivity index (χ3n) is 3.09. The Morgan fingerprint density at radius 3 is 2.40 bits per heavy atom. The number of carbonyl (C=O) groups is 1. The van der Waals surface area contributed by atoms with Crippen molar-refractivity contribution in [3.63, 3.8) is 0 Å². The first-order valence-electron chi connectivity index (χ1n) is 6.91. The predicted molar refractivity (Wildman–Crippen MR) is 84.7 cm³/mol. The summed E-state index contributed by atoms with van der Waals surface area (Å²) in [4.78, 5) is 18.8. The molecule has 0 aliphatic heterocycles. The van der Waals surface area contributed by atoms with Crippen LogP contribution in [-0.4, -0.2) is 15.9 Å². The second-order valence-electron chi connectivity index (χ2n) is 4.88. The van der Waals surface area contributed by atoms with Crippen LogP contribution in [0.2, 0.25) is 0 Å². The van der Waals surface area contributed by atoms with Gasteiger partial charge in [-0.2, -0.15) is 13.2 Å². The van der Waals surface area contributed by atoms with Crippen molar-refractivity contribution >= 4 is 23.1 Å². The van der Waals surface area contributed by atoms with E-state index < -0.39 is 28.5 Å². The summed E-state index contributed by atoms with van der Waals surface area (Å²) in [5.74, 6) is -1.70. The minimum atomic E-state index is -4.79. The number of nitrogens with one attached hydrogen (secondary N) is 1. The van der Waals surface area contributed by atoms with E-state index in [9.17, 15) is 22.4 Å². The molecule has 0 aliphatic carbocycles. The average molecular weight is 367 g/mol. The number of anilines is 1. The highest BCUT2D eigenvalue weighted by atomic mass is 32.1. The Morgan fingerprint density at radius 1 is 1.08 bits per heavy atom. The van der Waals surface area contributed by atoms with Crippen LogP contribution in [0.3, 0.4) is 0 Å². The van der Waals surface area contributed by atoms with Gasteiger partial charge in [0.2, 0.25) is 0 Å². The summed E-state index contributed by atoms with van der Waals surface area (Å²) in [6.45, 7) is 0. The second kappa shape index (κ2) is 6.60. The molecule has 9 heteroatoms. The smallest absolute Gasteiger partial charge is 0.306 e. The number of rotatable bonds is 3. The molecule has 4 nitrogen and oxygen atoms in total. The zero-order chi connectivity index (χ0) is 18.0. The van der Waals surface area contributed by atoms with E-state index >= 15 is 0 Å². The summed E-state index contributed by atoms with van der Waals surface area (Å²) in [6.07, 6.45) is -3.94. The van der Waals surface area contributed by atoms with E-state index in [1.54, 1.807) is 30.3 Å². The van der Waals surface area contributed by atoms with Gasteiger partial charge in [-0.15, -0.1) is 11.3 Å². The molecule has 0 atom stereocenters. The lowest BCUT2D eigenvalue weighted by Gasteiger charge is -2.06. The fourth-order valence-electron chi connectivity index (χ4n) is 1.99. The quantitative estimate of drug-likeness (QED) is 0.688. The molecule has 2 heterocycles. The molecular weight excluding hydrogens is 358 g/mol. The minimum absolute atomic E-state index is 0.0609. The number of hydrogen-bond donors (Lipinski definition) is 1. The fraction of sp³-hybridized carbons (Fsp3) is 0.0625. The number of hydrogen-bond acceptors (Lipinski definition) is 4. The van der Waals surface area contributed by atoms with Crippen molar-refractivity contribution in [3.05, 3.63) is 65.0 Å². The molecular formula is C16H9F4N3OS. The molecule has 0 unspecified atom stereocenters. The zero-order valence-electron chi connectivity index (χ0n) is 12.3. The molecule has 0 spiro atoms. The number of nitrogens with zero attached hydrogens (tertiary/aromatic N) is 2. The van der Waals surface area contributed by atoms with Crippen molar-refractivity contribution in [1.29, 1.82) is 0 Å². The number of aromatic nitrogens is 2. The van der Waals surface area contributed by atoms with E-state index in [2.05, 4.69) is 15.3 Å². The first kappa shape index (κ1) is 17.0. The van der Waals surface area contributed by atoms with E-state index in [1.165, 1.54) is 0 Å². The Hall–Kier alpha value is -2.81. The summed E-state index contributed by atoms with van der Waals surface area (Å²) in [6, 6.07) is 10.4. The highest BCUT2D eigenvalue weighted by Crippen LogP contribution is 2.37. The number of alkyl halides is 3. The maximum atomic E-state index is 13.2. The molecule has 1 aromatic carbocycles. The van der Waals surface area contributed by atoms with Crippen molar-refractivity contribution in [2.24, 2.45) is 0 Å². The Kier molecular flexibility index (Phi) is 4.49. The SMILES string of the molecule is O=C(Nc1ccc(F)cn1)c1sc(-c2ccccc2)nc1C(F)(F)F. The lowest BCUT2D eigenvalue weighted by atomic mass is 10.2. The van der Waals surface area contributed by atoms with Crippen LogP contribution in [0.4, 0.5) is 23.4 Å². The average Bonchev–Trinajstić information content (AvgIpc) is 3.04. The summed E-state index contributed by atoms with van der Waals surface area (Å²) >= 11 is 0.625. The highest BCUT2D eigenvalue weighted by Gasteiger charge is 2.39. The van der Waals surface area contributed by atoms with Crippen LogP contribution < -0.4 is 5.32 Å². The fourth-order valence-corrected chi connectivity index (χ4v) is 2.98. The van der Waals surface area contributed by atoms with Crippen LogP contribution in [0.15, 0.2) is 48.7 Å². The van der Waals surface area contributed by atoms with E-state index in [1.807, 2.05) is 0 Å². The van der Waals surface area contributed by atoms with E-state index in [-0.39, 0.29) is 10.8 Å². The molecule has 0 fully saturated rings. The van der Waals surface area contributed by atoms with Gasteiger partial charge in [-0.25, -0.2) is 14.4 Å². The van der Waals surface area contributed by atoms with E-state index in [0.717, 1.165) is 18.3 Å². The van der Waals surface area contributed by atoms with Crippen LogP contribution in [-0.2, 0) is 6.18 Å². The first-order valence-corrected chi connectivity index (χ1v) is 7.72. The molecule has 0 bridgehead atoms. The molecule has 0 saturated heterocycles. The van der Waals surface area contributed by atoms with Gasteiger partial charge in [0.25, 0.3) is 5.91 Å². The van der Waals surface area contributed by atoms with Gasteiger partial charge in [-0.3, -0.25) is 4.79 Å². The number of pyridine rings is 1. The van der Waals surface area contributed by atoms with Gasteiger partial charge >= 0.3 is 6.18 Å². The molecule has 2 aromatic heterocycles. The summed E-state index contributed by atoms with van der Waals surface area (Å²) in [7, 11) is 0. The lowest BCUT2D eigenvalue weighted by Crippen LogP contribution is -2.17. The molecule has 128 valence electrons. The van der Waals surface area contributed by atoms with Gasteiger partial charge < -0.3 is 5.32 Å². The maximum Gasteiger partial charge on any atom is 0.435 e. The van der Waals surface area contributed by atoms with Crippen molar-refractivity contribution in [3.8, 4) is 10.6 Å². The number of amides is 1. The summed E-state index contributed by atoms with van der Waals surface area (Å²) in [5.41, 5.74) is -0.798. The Labute approximate surface area is 143 Å². The number of thiazole rings is 1. The number of halogens is 4. The highest BCUT2D eigenvalue weighted by molar-refractivity contribution is 7.17. The van der Waals surface area contributed by atoms with Gasteiger partial charge in [0, 0.05) is 5.56 Å². The van der Waals surface area contributed by atoms with Gasteiger partial charge in [0.1, 0.15) is 21.5 Å². The van der Waals surface area contributed by atoms with Gasteiger partial charge in [0.15, 0.2) is 5.69 Å². The topological polar surface area (TPSA) is 54.9 Å². The van der Waals surface area contributed by atoms with E-state index in [0.29, 0.717) is 16.9 Å². The van der Waals surface area contributed by atoms with Crippen LogP contribution >= 0.6 is 11.3 Å². The van der Waals surface area contributed by atoms with Crippen LogP contribution in [0.25, 0.3) is 10.6 Å². The van der Waals surface area contributed by atoms with Crippen LogP contribution in [0.1, 0.15) is 15.4 Å². The maximum absolute atomic E-state index is 13.2. The zero-order valence-corrected chi connectivity index (χ0v) is 13.2. The summed E-state index contributed by atoms with van der Waals surface area (Å²) < 4.78 is 52.5. The molecule has 3 aromatic rings. The third-order valence-corrected chi connectivity index (χ3v) is 4.19. The van der Waals surface area contributed by atoms with Crippen molar-refractivity contribution in [2.75, 3.05) is 5.32 Å². The van der Waals surface area contributed by atoms with Crippen molar-refractivity contribution < 1.29 is 22.4 Å².